The second-order valence-corrected chi connectivity index (χ2v) is 4.97. The maximum atomic E-state index is 5.15. The molecule has 0 unspecified atom stereocenters. The molecule has 0 atom stereocenters. The number of halogens is 1. The summed E-state index contributed by atoms with van der Waals surface area (Å²) in [5, 5.41) is 0. The van der Waals surface area contributed by atoms with Crippen LogP contribution in [0.5, 0.6) is 5.75 Å². The van der Waals surface area contributed by atoms with Crippen molar-refractivity contribution in [3.63, 3.8) is 0 Å². The van der Waals surface area contributed by atoms with Crippen LogP contribution in [0.2, 0.25) is 0 Å². The van der Waals surface area contributed by atoms with Gasteiger partial charge in [0.2, 0.25) is 0 Å². The lowest BCUT2D eigenvalue weighted by atomic mass is 10.0. The van der Waals surface area contributed by atoms with E-state index in [1.165, 1.54) is 21.2 Å². The van der Waals surface area contributed by atoms with Gasteiger partial charge in [0.1, 0.15) is 5.75 Å². The Morgan fingerprint density at radius 2 is 1.76 bits per heavy atom. The average molecular weight is 291 g/mol. The van der Waals surface area contributed by atoms with Gasteiger partial charge in [0, 0.05) is 4.47 Å². The SMILES string of the molecule is COc1ccc(Cc2cc(C)ccc2Br)cc1. The van der Waals surface area contributed by atoms with E-state index in [9.17, 15) is 0 Å². The van der Waals surface area contributed by atoms with Gasteiger partial charge in [-0.2, -0.15) is 0 Å². The molecule has 2 aromatic carbocycles. The third-order valence-electron chi connectivity index (χ3n) is 2.75. The first-order valence-electron chi connectivity index (χ1n) is 5.57. The summed E-state index contributed by atoms with van der Waals surface area (Å²) in [6.45, 7) is 2.12. The number of hydrogen-bond donors (Lipinski definition) is 0. The highest BCUT2D eigenvalue weighted by Gasteiger charge is 2.02. The monoisotopic (exact) mass is 290 g/mol. The molecule has 17 heavy (non-hydrogen) atoms. The Morgan fingerprint density at radius 3 is 2.41 bits per heavy atom. The quantitative estimate of drug-likeness (QED) is 0.816. The number of methoxy groups -OCH3 is 1. The van der Waals surface area contributed by atoms with Crippen molar-refractivity contribution in [2.75, 3.05) is 7.11 Å². The zero-order valence-electron chi connectivity index (χ0n) is 10.0. The van der Waals surface area contributed by atoms with E-state index in [1.807, 2.05) is 12.1 Å². The Kier molecular flexibility index (Phi) is 3.85. The summed E-state index contributed by atoms with van der Waals surface area (Å²) in [5.74, 6) is 0.900. The lowest BCUT2D eigenvalue weighted by Crippen LogP contribution is -1.91. The Labute approximate surface area is 111 Å². The summed E-state index contributed by atoms with van der Waals surface area (Å²) in [7, 11) is 1.69. The molecule has 2 rings (SSSR count). The van der Waals surface area contributed by atoms with E-state index < -0.39 is 0 Å². The second kappa shape index (κ2) is 5.37. The van der Waals surface area contributed by atoms with Gasteiger partial charge in [0.25, 0.3) is 0 Å². The van der Waals surface area contributed by atoms with Crippen LogP contribution in [-0.2, 0) is 6.42 Å². The van der Waals surface area contributed by atoms with Crippen molar-refractivity contribution in [2.24, 2.45) is 0 Å². The summed E-state index contributed by atoms with van der Waals surface area (Å²) in [6, 6.07) is 14.6. The minimum absolute atomic E-state index is 0.900. The fourth-order valence-electron chi connectivity index (χ4n) is 1.80. The van der Waals surface area contributed by atoms with Gasteiger partial charge in [0.05, 0.1) is 7.11 Å². The van der Waals surface area contributed by atoms with Crippen LogP contribution in [0.3, 0.4) is 0 Å². The lowest BCUT2D eigenvalue weighted by Gasteiger charge is -2.07. The first kappa shape index (κ1) is 12.2. The summed E-state index contributed by atoms with van der Waals surface area (Å²) >= 11 is 3.59. The molecule has 2 aromatic rings. The van der Waals surface area contributed by atoms with Gasteiger partial charge in [0.15, 0.2) is 0 Å². The highest BCUT2D eigenvalue weighted by Crippen LogP contribution is 2.22. The molecule has 0 bridgehead atoms. The normalized spacial score (nSPS) is 10.3. The molecule has 0 aliphatic rings. The molecule has 2 heteroatoms. The number of rotatable bonds is 3. The minimum Gasteiger partial charge on any atom is -0.497 e. The Bertz CT molecular complexity index is 503. The summed E-state index contributed by atoms with van der Waals surface area (Å²) in [6.07, 6.45) is 0.937. The van der Waals surface area contributed by atoms with E-state index in [-0.39, 0.29) is 0 Å². The highest BCUT2D eigenvalue weighted by atomic mass is 79.9. The van der Waals surface area contributed by atoms with Gasteiger partial charge in [-0.05, 0) is 42.7 Å². The number of hydrogen-bond acceptors (Lipinski definition) is 1. The van der Waals surface area contributed by atoms with Gasteiger partial charge < -0.3 is 4.74 Å². The van der Waals surface area contributed by atoms with E-state index in [4.69, 9.17) is 4.74 Å². The largest absolute Gasteiger partial charge is 0.497 e. The predicted molar refractivity (Wildman–Crippen MR) is 74.7 cm³/mol. The zero-order chi connectivity index (χ0) is 12.3. The van der Waals surface area contributed by atoms with Crippen molar-refractivity contribution < 1.29 is 4.74 Å². The molecule has 0 N–H and O–H groups in total. The van der Waals surface area contributed by atoms with Crippen LogP contribution in [0, 0.1) is 6.92 Å². The molecule has 0 heterocycles. The molecule has 1 nitrogen and oxygen atoms in total. The van der Waals surface area contributed by atoms with Crippen molar-refractivity contribution in [3.8, 4) is 5.75 Å². The van der Waals surface area contributed by atoms with E-state index in [1.54, 1.807) is 7.11 Å². The molecule has 0 saturated heterocycles. The minimum atomic E-state index is 0.900. The number of ether oxygens (including phenoxy) is 1. The van der Waals surface area contributed by atoms with Gasteiger partial charge in [-0.3, -0.25) is 0 Å². The predicted octanol–water partition coefficient (Wildman–Crippen LogP) is 4.36. The molecule has 0 radical (unpaired) electrons. The van der Waals surface area contributed by atoms with Crippen molar-refractivity contribution in [3.05, 3.63) is 63.6 Å². The maximum Gasteiger partial charge on any atom is 0.118 e. The molecule has 0 spiro atoms. The molecular weight excluding hydrogens is 276 g/mol. The van der Waals surface area contributed by atoms with Crippen molar-refractivity contribution >= 4 is 15.9 Å². The third-order valence-corrected chi connectivity index (χ3v) is 3.53. The van der Waals surface area contributed by atoms with Gasteiger partial charge in [-0.25, -0.2) is 0 Å². The van der Waals surface area contributed by atoms with Crippen LogP contribution in [0.4, 0.5) is 0 Å². The molecule has 0 amide bonds. The highest BCUT2D eigenvalue weighted by molar-refractivity contribution is 9.10. The number of aryl methyl sites for hydroxylation is 1. The lowest BCUT2D eigenvalue weighted by molar-refractivity contribution is 0.414. The van der Waals surface area contributed by atoms with Crippen LogP contribution in [0.15, 0.2) is 46.9 Å². The topological polar surface area (TPSA) is 9.23 Å². The third kappa shape index (κ3) is 3.10. The molecule has 0 aliphatic heterocycles. The number of benzene rings is 2. The first-order valence-corrected chi connectivity index (χ1v) is 6.36. The molecule has 88 valence electrons. The Hall–Kier alpha value is -1.28. The van der Waals surface area contributed by atoms with E-state index in [0.717, 1.165) is 12.2 Å². The smallest absolute Gasteiger partial charge is 0.118 e. The fraction of sp³-hybridized carbons (Fsp3) is 0.200. The van der Waals surface area contributed by atoms with Crippen LogP contribution in [-0.4, -0.2) is 7.11 Å². The second-order valence-electron chi connectivity index (χ2n) is 4.12. The average Bonchev–Trinajstić information content (AvgIpc) is 2.35. The Morgan fingerprint density at radius 1 is 1.06 bits per heavy atom. The van der Waals surface area contributed by atoms with Gasteiger partial charge >= 0.3 is 0 Å². The molecule has 0 fully saturated rings. The van der Waals surface area contributed by atoms with Crippen LogP contribution in [0.1, 0.15) is 16.7 Å². The van der Waals surface area contributed by atoms with E-state index >= 15 is 0 Å². The van der Waals surface area contributed by atoms with Crippen molar-refractivity contribution in [1.29, 1.82) is 0 Å². The summed E-state index contributed by atoms with van der Waals surface area (Å²) in [4.78, 5) is 0. The van der Waals surface area contributed by atoms with Gasteiger partial charge in [-0.15, -0.1) is 0 Å². The Balaban J connectivity index is 2.22. The first-order chi connectivity index (χ1) is 8.19. The van der Waals surface area contributed by atoms with Crippen molar-refractivity contribution in [1.82, 2.24) is 0 Å². The van der Waals surface area contributed by atoms with Crippen LogP contribution < -0.4 is 4.74 Å². The van der Waals surface area contributed by atoms with E-state index in [2.05, 4.69) is 53.2 Å². The molecule has 0 aromatic heterocycles. The van der Waals surface area contributed by atoms with Crippen LogP contribution >= 0.6 is 15.9 Å². The van der Waals surface area contributed by atoms with Crippen LogP contribution in [0.25, 0.3) is 0 Å². The summed E-state index contributed by atoms with van der Waals surface area (Å²) < 4.78 is 6.32. The molecule has 0 aliphatic carbocycles. The zero-order valence-corrected chi connectivity index (χ0v) is 11.6. The fourth-order valence-corrected chi connectivity index (χ4v) is 2.19. The van der Waals surface area contributed by atoms with Gasteiger partial charge in [-0.1, -0.05) is 45.8 Å². The summed E-state index contributed by atoms with van der Waals surface area (Å²) in [5.41, 5.74) is 3.89. The van der Waals surface area contributed by atoms with Crippen molar-refractivity contribution in [2.45, 2.75) is 13.3 Å². The maximum absolute atomic E-state index is 5.15. The molecular formula is C15H15BrO. The van der Waals surface area contributed by atoms with E-state index in [0.29, 0.717) is 0 Å². The molecule has 0 saturated carbocycles. The standard InChI is InChI=1S/C15H15BrO/c1-11-3-8-15(16)13(9-11)10-12-4-6-14(17-2)7-5-12/h3-9H,10H2,1-2H3.